The predicted octanol–water partition coefficient (Wildman–Crippen LogP) is 24.3. The molecule has 23 rings (SSSR count). The van der Waals surface area contributed by atoms with Crippen molar-refractivity contribution >= 4 is 131 Å². The number of nitrogens with zero attached hydrogens (tertiary/aromatic N) is 9. The van der Waals surface area contributed by atoms with Gasteiger partial charge in [0.15, 0.2) is 5.82 Å². The lowest BCUT2D eigenvalue weighted by Gasteiger charge is -2.27. The van der Waals surface area contributed by atoms with Gasteiger partial charge in [0, 0.05) is 81.4 Å². The number of para-hydroxylation sites is 11. The van der Waals surface area contributed by atoms with Gasteiger partial charge in [-0.15, -0.1) is 4.68 Å². The van der Waals surface area contributed by atoms with Gasteiger partial charge in [-0.05, 0) is 114 Å². The van der Waals surface area contributed by atoms with Crippen LogP contribution in [0, 0.1) is 0 Å². The molecule has 502 valence electrons. The Balaban J connectivity index is 1.00. The van der Waals surface area contributed by atoms with Crippen molar-refractivity contribution in [1.29, 1.82) is 0 Å². The van der Waals surface area contributed by atoms with Crippen LogP contribution in [0.2, 0.25) is 0 Å². The molecule has 0 spiro atoms. The quantitative estimate of drug-likeness (QED) is 0.128. The van der Waals surface area contributed by atoms with Crippen LogP contribution in [0.4, 0.5) is 0 Å². The van der Waals surface area contributed by atoms with Gasteiger partial charge in [0.2, 0.25) is 0 Å². The van der Waals surface area contributed by atoms with Crippen LogP contribution >= 0.6 is 0 Å². The summed E-state index contributed by atoms with van der Waals surface area (Å²) in [5.74, 6) is 2.23. The van der Waals surface area contributed by atoms with Gasteiger partial charge in [-0.2, -0.15) is 4.68 Å². The summed E-state index contributed by atoms with van der Waals surface area (Å²) in [7, 11) is 0. The molecule has 9 nitrogen and oxygen atoms in total. The summed E-state index contributed by atoms with van der Waals surface area (Å²) in [4.78, 5) is 12.3. The van der Waals surface area contributed by atoms with Crippen molar-refractivity contribution in [2.75, 3.05) is 0 Å². The van der Waals surface area contributed by atoms with Crippen LogP contribution in [0.1, 0.15) is 0 Å². The fraction of sp³-hybridized carbons (Fsp3) is 0. The molecule has 15 aromatic carbocycles. The Morgan fingerprint density at radius 1 is 0.194 bits per heavy atom. The fourth-order valence-corrected chi connectivity index (χ4v) is 17.9. The molecule has 0 aliphatic carbocycles. The van der Waals surface area contributed by atoms with Crippen LogP contribution in [-0.2, 0) is 0 Å². The van der Waals surface area contributed by atoms with Crippen molar-refractivity contribution in [2.24, 2.45) is 0 Å². The molecule has 8 heterocycles. The number of fused-ring (bicyclic) bond motifs is 18. The van der Waals surface area contributed by atoms with Gasteiger partial charge < -0.3 is 13.7 Å². The monoisotopic (exact) mass is 1380 g/mol. The first-order valence-corrected chi connectivity index (χ1v) is 36.9. The zero-order valence-electron chi connectivity index (χ0n) is 58.3. The molecule has 0 atom stereocenters. The van der Waals surface area contributed by atoms with E-state index in [2.05, 4.69) is 408 Å². The highest BCUT2D eigenvalue weighted by Crippen LogP contribution is 2.50. The maximum atomic E-state index is 6.16. The lowest BCUT2D eigenvalue weighted by molar-refractivity contribution is -0.708. The highest BCUT2D eigenvalue weighted by atomic mass is 15.5. The average Bonchev–Trinajstić information content (AvgIpc) is 1.44. The third-order valence-electron chi connectivity index (χ3n) is 22.4. The van der Waals surface area contributed by atoms with Crippen LogP contribution in [0.5, 0.6) is 0 Å². The minimum Gasteiger partial charge on any atom is -0.309 e. The molecule has 0 amide bonds. The highest BCUT2D eigenvalue weighted by molar-refractivity contribution is 6.17. The average molecular weight is 1380 g/mol. The lowest BCUT2D eigenvalue weighted by Crippen LogP contribution is -2.51. The molecule has 108 heavy (non-hydrogen) atoms. The molecule has 0 radical (unpaired) electrons. The molecule has 0 saturated carbocycles. The maximum Gasteiger partial charge on any atom is 0.282 e. The molecule has 0 N–H and O–H groups in total. The Bertz CT molecular complexity index is 7150. The lowest BCUT2D eigenvalue weighted by atomic mass is 10.0. The molecule has 0 aliphatic heterocycles. The second-order valence-electron chi connectivity index (χ2n) is 28.2. The zero-order valence-corrected chi connectivity index (χ0v) is 58.3. The van der Waals surface area contributed by atoms with E-state index in [1.54, 1.807) is 0 Å². The summed E-state index contributed by atoms with van der Waals surface area (Å²) < 4.78 is 17.8. The minimum atomic E-state index is 0.538. The Kier molecular flexibility index (Phi) is 13.0. The Morgan fingerprint density at radius 2 is 0.454 bits per heavy atom. The molecule has 0 aliphatic rings. The van der Waals surface area contributed by atoms with Gasteiger partial charge in [0.25, 0.3) is 11.6 Å². The van der Waals surface area contributed by atoms with E-state index in [9.17, 15) is 0 Å². The number of aromatic nitrogens is 9. The topological polar surface area (TPSA) is 59.2 Å². The minimum absolute atomic E-state index is 0.538. The van der Waals surface area contributed by atoms with Gasteiger partial charge >= 0.3 is 0 Å². The third-order valence-corrected chi connectivity index (χ3v) is 22.4. The van der Waals surface area contributed by atoms with Gasteiger partial charge in [0.1, 0.15) is 33.4 Å². The largest absolute Gasteiger partial charge is 0.309 e. The van der Waals surface area contributed by atoms with Crippen molar-refractivity contribution in [3.63, 3.8) is 0 Å². The first-order valence-electron chi connectivity index (χ1n) is 36.9. The fourth-order valence-electron chi connectivity index (χ4n) is 17.9. The number of hydrogen-bond donors (Lipinski definition) is 0. The van der Waals surface area contributed by atoms with Crippen LogP contribution in [-0.4, -0.2) is 37.5 Å². The molecule has 9 heteroatoms. The van der Waals surface area contributed by atoms with Crippen molar-refractivity contribution < 1.29 is 4.68 Å². The summed E-state index contributed by atoms with van der Waals surface area (Å²) in [6, 6.07) is 138. The van der Waals surface area contributed by atoms with Crippen molar-refractivity contribution in [3.8, 4) is 73.7 Å². The van der Waals surface area contributed by atoms with Crippen LogP contribution in [0.25, 0.3) is 205 Å². The van der Waals surface area contributed by atoms with Crippen LogP contribution < -0.4 is 4.68 Å². The maximum absolute atomic E-state index is 6.16. The Labute approximate surface area is 619 Å². The van der Waals surface area contributed by atoms with E-state index in [0.717, 1.165) is 182 Å². The second-order valence-corrected chi connectivity index (χ2v) is 28.2. The molecule has 0 fully saturated rings. The highest BCUT2D eigenvalue weighted by Gasteiger charge is 2.42. The Morgan fingerprint density at radius 3 is 0.824 bits per heavy atom. The number of pyridine rings is 1. The van der Waals surface area contributed by atoms with Gasteiger partial charge in [-0.1, -0.05) is 273 Å². The van der Waals surface area contributed by atoms with Gasteiger partial charge in [-0.25, -0.2) is 19.1 Å². The molecule has 0 bridgehead atoms. The molecule has 8 aromatic heterocycles. The number of rotatable bonds is 10. The second kappa shape index (κ2) is 23.4. The summed E-state index contributed by atoms with van der Waals surface area (Å²) in [6.07, 6.45) is 0. The SMILES string of the molecule is c1ccc(-c2cc(-c3ccccc3)nc(-c3c(-n4c5ccccc5c5ccccc54)c(-n4c5ccccc5c5ccccc54)[n+](-n4c5ccccc5c5cc(-c6ccc7c(c6)c6ccccc6n7-c6ccccc6)ccc54)c(-n4c5ccccc5c5ccccc54)c3-n3c4ccccc4c4ccccc43)n2)cc1. The number of hydrogen-bond acceptors (Lipinski definition) is 2. The summed E-state index contributed by atoms with van der Waals surface area (Å²) >= 11 is 0. The first-order chi connectivity index (χ1) is 53.7. The third kappa shape index (κ3) is 8.66. The van der Waals surface area contributed by atoms with Crippen LogP contribution in [0.3, 0.4) is 0 Å². The van der Waals surface area contributed by atoms with Crippen molar-refractivity contribution in [1.82, 2.24) is 37.5 Å². The van der Waals surface area contributed by atoms with E-state index in [0.29, 0.717) is 5.82 Å². The smallest absolute Gasteiger partial charge is 0.282 e. The predicted molar refractivity (Wildman–Crippen MR) is 446 cm³/mol. The Hall–Kier alpha value is -14.7. The molecule has 0 unspecified atom stereocenters. The molecule has 23 aromatic rings. The molecular weight excluding hydrogens is 1320 g/mol. The van der Waals surface area contributed by atoms with Crippen LogP contribution in [0.15, 0.2) is 376 Å². The van der Waals surface area contributed by atoms with Crippen molar-refractivity contribution in [3.05, 3.63) is 376 Å². The van der Waals surface area contributed by atoms with E-state index in [4.69, 9.17) is 9.97 Å². The van der Waals surface area contributed by atoms with Gasteiger partial charge in [-0.3, -0.25) is 0 Å². The van der Waals surface area contributed by atoms with Gasteiger partial charge in [0.05, 0.1) is 61.1 Å². The molecular formula is C99H62N9+. The number of benzene rings is 15. The van der Waals surface area contributed by atoms with E-state index >= 15 is 0 Å². The van der Waals surface area contributed by atoms with Crippen molar-refractivity contribution in [2.45, 2.75) is 0 Å². The van der Waals surface area contributed by atoms with E-state index in [1.165, 1.54) is 16.3 Å². The molecule has 0 saturated heterocycles. The van der Waals surface area contributed by atoms with E-state index in [-0.39, 0.29) is 0 Å². The van der Waals surface area contributed by atoms with E-state index < -0.39 is 0 Å². The zero-order chi connectivity index (χ0) is 70.7. The van der Waals surface area contributed by atoms with E-state index in [1.807, 2.05) is 0 Å². The normalized spacial score (nSPS) is 12.1. The standard InChI is InChI=1S/C99H62N9/c1-4-30-63(31-5-1)80-62-81(64-32-6-2-7-33-64)101-97(100-80)94-95(103-83-47-21-10-36-68(83)69-37-11-22-48-84(69)103)98(105-87-51-25-14-40-72(87)73-41-15-26-52-88(73)105)108(99(106-89-53-27-16-42-74(89)75-43-17-28-54-90(75)106)96(94)104-85-49-23-12-38-70(85)71-39-13-24-50-86(71)104)107-92-55-29-19-45-77(92)79-61-66(57-59-93(79)107)65-56-58-91-78(60-65)76-44-18-20-46-82(76)102(91)67-34-8-3-9-35-67/h1-62H/q+1. The summed E-state index contributed by atoms with van der Waals surface area (Å²) in [5.41, 5.74) is 21.9. The summed E-state index contributed by atoms with van der Waals surface area (Å²) in [6.45, 7) is 0. The summed E-state index contributed by atoms with van der Waals surface area (Å²) in [5, 5.41) is 13.5. The first kappa shape index (κ1) is 59.8.